The van der Waals surface area contributed by atoms with Gasteiger partial charge in [0.25, 0.3) is 0 Å². The monoisotopic (exact) mass is 231 g/mol. The third-order valence-electron chi connectivity index (χ3n) is 4.70. The number of halogens is 2. The van der Waals surface area contributed by atoms with E-state index in [1.165, 1.54) is 12.8 Å². The molecule has 0 spiro atoms. The van der Waals surface area contributed by atoms with Gasteiger partial charge in [0.1, 0.15) is 0 Å². The molecule has 16 heavy (non-hydrogen) atoms. The van der Waals surface area contributed by atoms with E-state index in [1.54, 1.807) is 0 Å². The number of rotatable bonds is 2. The smallest absolute Gasteiger partial charge is 0.249 e. The first kappa shape index (κ1) is 12.3. The lowest BCUT2D eigenvalue weighted by Gasteiger charge is -2.54. The largest absolute Gasteiger partial charge is 0.330 e. The van der Waals surface area contributed by atoms with E-state index in [4.69, 9.17) is 5.73 Å². The summed E-state index contributed by atoms with van der Waals surface area (Å²) in [6, 6.07) is 0. The van der Waals surface area contributed by atoms with E-state index in [0.29, 0.717) is 17.9 Å². The van der Waals surface area contributed by atoms with Crippen LogP contribution >= 0.6 is 0 Å². The second kappa shape index (κ2) is 3.66. The molecule has 3 heteroatoms. The Morgan fingerprint density at radius 2 is 1.88 bits per heavy atom. The molecule has 2 aliphatic carbocycles. The summed E-state index contributed by atoms with van der Waals surface area (Å²) in [5.74, 6) is -2.03. The first-order chi connectivity index (χ1) is 7.29. The van der Waals surface area contributed by atoms with Crippen molar-refractivity contribution in [1.29, 1.82) is 0 Å². The van der Waals surface area contributed by atoms with Gasteiger partial charge >= 0.3 is 0 Å². The predicted molar refractivity (Wildman–Crippen MR) is 61.4 cm³/mol. The Bertz CT molecular complexity index is 265. The van der Waals surface area contributed by atoms with E-state index in [1.807, 2.05) is 0 Å². The average molecular weight is 231 g/mol. The normalized spacial score (nSPS) is 35.4. The molecule has 0 radical (unpaired) electrons. The molecule has 2 fully saturated rings. The van der Waals surface area contributed by atoms with Crippen LogP contribution < -0.4 is 5.73 Å². The zero-order valence-corrected chi connectivity index (χ0v) is 10.4. The maximum Gasteiger partial charge on any atom is 0.249 e. The quantitative estimate of drug-likeness (QED) is 0.772. The summed E-state index contributed by atoms with van der Waals surface area (Å²) in [6.07, 6.45) is 4.61. The van der Waals surface area contributed by atoms with Crippen molar-refractivity contribution in [2.24, 2.45) is 22.5 Å². The number of hydrogen-bond donors (Lipinski definition) is 1. The molecule has 2 rings (SSSR count). The molecule has 2 N–H and O–H groups in total. The van der Waals surface area contributed by atoms with Gasteiger partial charge in [-0.05, 0) is 42.6 Å². The van der Waals surface area contributed by atoms with Crippen LogP contribution in [0.5, 0.6) is 0 Å². The molecule has 0 amide bonds. The van der Waals surface area contributed by atoms with Gasteiger partial charge < -0.3 is 5.73 Å². The minimum atomic E-state index is -2.44. The van der Waals surface area contributed by atoms with Crippen LogP contribution in [0.1, 0.15) is 52.4 Å². The lowest BCUT2D eigenvalue weighted by atomic mass is 9.53. The molecule has 0 heterocycles. The van der Waals surface area contributed by atoms with Gasteiger partial charge in [-0.2, -0.15) is 0 Å². The Morgan fingerprint density at radius 1 is 1.25 bits per heavy atom. The van der Waals surface area contributed by atoms with Crippen molar-refractivity contribution in [2.75, 3.05) is 6.54 Å². The molecule has 0 aromatic rings. The standard InChI is InChI=1S/C13H23F2N/c1-11(2)5-3-4-10(6-11)12(9-16)7-13(14,15)8-12/h10H,3-9,16H2,1-2H3. The molecule has 1 nitrogen and oxygen atoms in total. The van der Waals surface area contributed by atoms with Crippen molar-refractivity contribution in [3.05, 3.63) is 0 Å². The fourth-order valence-electron chi connectivity index (χ4n) is 3.80. The van der Waals surface area contributed by atoms with Gasteiger partial charge in [0.2, 0.25) is 5.92 Å². The Hall–Kier alpha value is -0.180. The van der Waals surface area contributed by atoms with Crippen LogP contribution in [0, 0.1) is 16.7 Å². The maximum atomic E-state index is 13.1. The van der Waals surface area contributed by atoms with E-state index < -0.39 is 5.92 Å². The highest BCUT2D eigenvalue weighted by atomic mass is 19.3. The van der Waals surface area contributed by atoms with E-state index in [0.717, 1.165) is 12.8 Å². The molecule has 1 unspecified atom stereocenters. The van der Waals surface area contributed by atoms with Gasteiger partial charge in [0, 0.05) is 12.8 Å². The Morgan fingerprint density at radius 3 is 2.31 bits per heavy atom. The molecular weight excluding hydrogens is 208 g/mol. The highest BCUT2D eigenvalue weighted by Gasteiger charge is 2.59. The van der Waals surface area contributed by atoms with Gasteiger partial charge in [-0.1, -0.05) is 20.3 Å². The lowest BCUT2D eigenvalue weighted by molar-refractivity contribution is -0.187. The summed E-state index contributed by atoms with van der Waals surface area (Å²) in [7, 11) is 0. The topological polar surface area (TPSA) is 26.0 Å². The lowest BCUT2D eigenvalue weighted by Crippen LogP contribution is -2.55. The first-order valence-corrected chi connectivity index (χ1v) is 6.37. The van der Waals surface area contributed by atoms with E-state index in [9.17, 15) is 8.78 Å². The van der Waals surface area contributed by atoms with Crippen LogP contribution in [0.4, 0.5) is 8.78 Å². The molecule has 0 bridgehead atoms. The highest BCUT2D eigenvalue weighted by Crippen LogP contribution is 2.60. The van der Waals surface area contributed by atoms with Crippen molar-refractivity contribution < 1.29 is 8.78 Å². The van der Waals surface area contributed by atoms with Gasteiger partial charge in [-0.25, -0.2) is 8.78 Å². The Balaban J connectivity index is 2.06. The Kier molecular flexibility index (Phi) is 2.81. The van der Waals surface area contributed by atoms with Gasteiger partial charge in [0.15, 0.2) is 0 Å². The van der Waals surface area contributed by atoms with E-state index in [-0.39, 0.29) is 18.3 Å². The van der Waals surface area contributed by atoms with Crippen molar-refractivity contribution in [3.8, 4) is 0 Å². The summed E-state index contributed by atoms with van der Waals surface area (Å²) < 4.78 is 26.2. The third kappa shape index (κ3) is 2.11. The fourth-order valence-corrected chi connectivity index (χ4v) is 3.80. The maximum absolute atomic E-state index is 13.1. The average Bonchev–Trinajstić information content (AvgIpc) is 2.11. The molecule has 0 aromatic carbocycles. The van der Waals surface area contributed by atoms with Gasteiger partial charge in [0.05, 0.1) is 0 Å². The van der Waals surface area contributed by atoms with Crippen LogP contribution in [0.25, 0.3) is 0 Å². The van der Waals surface area contributed by atoms with Gasteiger partial charge in [-0.3, -0.25) is 0 Å². The second-order valence-corrected chi connectivity index (χ2v) is 6.73. The fraction of sp³-hybridized carbons (Fsp3) is 1.00. The molecular formula is C13H23F2N. The summed E-state index contributed by atoms with van der Waals surface area (Å²) in [6.45, 7) is 4.93. The molecule has 0 aliphatic heterocycles. The summed E-state index contributed by atoms with van der Waals surface area (Å²) in [4.78, 5) is 0. The van der Waals surface area contributed by atoms with Gasteiger partial charge in [-0.15, -0.1) is 0 Å². The molecule has 2 saturated carbocycles. The number of nitrogens with two attached hydrogens (primary N) is 1. The molecule has 1 atom stereocenters. The minimum absolute atomic E-state index is 0.0250. The SMILES string of the molecule is CC1(C)CCCC(C2(CN)CC(F)(F)C2)C1. The van der Waals surface area contributed by atoms with Crippen LogP contribution in [0.15, 0.2) is 0 Å². The molecule has 94 valence electrons. The van der Waals surface area contributed by atoms with Crippen LogP contribution in [0.3, 0.4) is 0 Å². The minimum Gasteiger partial charge on any atom is -0.330 e. The zero-order chi connectivity index (χ0) is 12.0. The summed E-state index contributed by atoms with van der Waals surface area (Å²) in [5, 5.41) is 0. The van der Waals surface area contributed by atoms with Crippen molar-refractivity contribution in [2.45, 2.75) is 58.3 Å². The predicted octanol–water partition coefficient (Wildman–Crippen LogP) is 3.58. The first-order valence-electron chi connectivity index (χ1n) is 6.37. The van der Waals surface area contributed by atoms with Crippen LogP contribution in [0.2, 0.25) is 0 Å². The summed E-state index contributed by atoms with van der Waals surface area (Å²) in [5.41, 5.74) is 5.84. The van der Waals surface area contributed by atoms with Crippen LogP contribution in [-0.2, 0) is 0 Å². The molecule has 0 aromatic heterocycles. The molecule has 2 aliphatic rings. The zero-order valence-electron chi connectivity index (χ0n) is 10.4. The number of hydrogen-bond acceptors (Lipinski definition) is 1. The van der Waals surface area contributed by atoms with Crippen molar-refractivity contribution in [1.82, 2.24) is 0 Å². The van der Waals surface area contributed by atoms with Crippen LogP contribution in [-0.4, -0.2) is 12.5 Å². The third-order valence-corrected chi connectivity index (χ3v) is 4.70. The highest BCUT2D eigenvalue weighted by molar-refractivity contribution is 5.05. The van der Waals surface area contributed by atoms with Crippen molar-refractivity contribution in [3.63, 3.8) is 0 Å². The second-order valence-electron chi connectivity index (χ2n) is 6.73. The Labute approximate surface area is 96.8 Å². The van der Waals surface area contributed by atoms with Crippen molar-refractivity contribution >= 4 is 0 Å². The molecule has 0 saturated heterocycles. The van der Waals surface area contributed by atoms with E-state index >= 15 is 0 Å². The summed E-state index contributed by atoms with van der Waals surface area (Å²) >= 11 is 0. The number of alkyl halides is 2. The van der Waals surface area contributed by atoms with E-state index in [2.05, 4.69) is 13.8 Å².